The van der Waals surface area contributed by atoms with Gasteiger partial charge in [0.05, 0.1) is 17.3 Å². The summed E-state index contributed by atoms with van der Waals surface area (Å²) >= 11 is 1.42. The Kier molecular flexibility index (Phi) is 7.29. The Bertz CT molecular complexity index is 1610. The molecule has 1 N–H and O–H groups in total. The molecule has 6 rings (SSSR count). The van der Waals surface area contributed by atoms with Crippen LogP contribution in [0.1, 0.15) is 29.3 Å². The number of rotatable bonds is 9. The minimum atomic E-state index is -0.901. The number of amides is 2. The zero-order valence-corrected chi connectivity index (χ0v) is 22.6. The van der Waals surface area contributed by atoms with Crippen molar-refractivity contribution in [3.8, 4) is 5.69 Å². The minimum absolute atomic E-state index is 0.0311. The SMILES string of the molecule is Cc1cc(N(C(=O)Cn2nnc3ccccc32)[C@H](C(=O)NC[C@@H]2CCCO2)c2cccs2)ccc1-n1cnnn1. The van der Waals surface area contributed by atoms with Gasteiger partial charge in [0, 0.05) is 23.7 Å². The molecule has 1 fully saturated rings. The van der Waals surface area contributed by atoms with Crippen LogP contribution in [0.4, 0.5) is 5.69 Å². The monoisotopic (exact) mass is 557 g/mol. The van der Waals surface area contributed by atoms with Gasteiger partial charge in [-0.2, -0.15) is 0 Å². The molecule has 0 saturated carbocycles. The van der Waals surface area contributed by atoms with Crippen LogP contribution >= 0.6 is 11.3 Å². The molecular weight excluding hydrogens is 530 g/mol. The van der Waals surface area contributed by atoms with E-state index in [1.807, 2.05) is 60.8 Å². The molecule has 0 aliphatic carbocycles. The quantitative estimate of drug-likeness (QED) is 0.293. The summed E-state index contributed by atoms with van der Waals surface area (Å²) < 4.78 is 8.82. The number of nitrogens with zero attached hydrogens (tertiary/aromatic N) is 8. The van der Waals surface area contributed by atoms with Gasteiger partial charge in [-0.05, 0) is 77.5 Å². The van der Waals surface area contributed by atoms with Crippen molar-refractivity contribution in [2.24, 2.45) is 0 Å². The number of thiophene rings is 1. The fraction of sp³-hybridized carbons (Fsp3) is 0.296. The first-order valence-electron chi connectivity index (χ1n) is 13.0. The number of benzene rings is 2. The Morgan fingerprint density at radius 1 is 1.18 bits per heavy atom. The number of carbonyl (C=O) groups excluding carboxylic acids is 2. The summed E-state index contributed by atoms with van der Waals surface area (Å²) in [6.45, 7) is 2.88. The Balaban J connectivity index is 1.39. The number of anilines is 1. The van der Waals surface area contributed by atoms with Gasteiger partial charge in [0.25, 0.3) is 0 Å². The summed E-state index contributed by atoms with van der Waals surface area (Å²) in [5, 5.41) is 24.8. The van der Waals surface area contributed by atoms with Crippen LogP contribution in [0.15, 0.2) is 66.3 Å². The van der Waals surface area contributed by atoms with Gasteiger partial charge in [0.2, 0.25) is 11.8 Å². The average molecular weight is 558 g/mol. The number of hydrogen-bond acceptors (Lipinski definition) is 9. The van der Waals surface area contributed by atoms with E-state index < -0.39 is 6.04 Å². The maximum absolute atomic E-state index is 14.2. The van der Waals surface area contributed by atoms with Gasteiger partial charge in [-0.15, -0.1) is 21.5 Å². The van der Waals surface area contributed by atoms with Gasteiger partial charge >= 0.3 is 0 Å². The average Bonchev–Trinajstić information content (AvgIpc) is 3.79. The smallest absolute Gasteiger partial charge is 0.249 e. The molecule has 5 aromatic rings. The highest BCUT2D eigenvalue weighted by molar-refractivity contribution is 7.10. The fourth-order valence-corrected chi connectivity index (χ4v) is 5.74. The van der Waals surface area contributed by atoms with E-state index in [1.165, 1.54) is 17.7 Å². The maximum atomic E-state index is 14.2. The molecule has 2 amide bonds. The van der Waals surface area contributed by atoms with Gasteiger partial charge in [-0.25, -0.2) is 9.36 Å². The van der Waals surface area contributed by atoms with Crippen molar-refractivity contribution in [3.05, 3.63) is 76.7 Å². The number of ether oxygens (including phenoxy) is 1. The highest BCUT2D eigenvalue weighted by atomic mass is 32.1. The Hall–Kier alpha value is -4.49. The van der Waals surface area contributed by atoms with Crippen molar-refractivity contribution in [1.29, 1.82) is 0 Å². The third-order valence-electron chi connectivity index (χ3n) is 6.88. The first kappa shape index (κ1) is 25.8. The van der Waals surface area contributed by atoms with Crippen molar-refractivity contribution in [2.45, 2.75) is 38.5 Å². The summed E-state index contributed by atoms with van der Waals surface area (Å²) in [7, 11) is 0. The summed E-state index contributed by atoms with van der Waals surface area (Å²) in [5.74, 6) is -0.590. The lowest BCUT2D eigenvalue weighted by Gasteiger charge is -2.31. The molecule has 0 bridgehead atoms. The van der Waals surface area contributed by atoms with Crippen LogP contribution in [0, 0.1) is 6.92 Å². The van der Waals surface area contributed by atoms with E-state index in [0.29, 0.717) is 24.4 Å². The summed E-state index contributed by atoms with van der Waals surface area (Å²) in [6.07, 6.45) is 3.34. The Labute approximate surface area is 233 Å². The molecule has 2 aromatic carbocycles. The van der Waals surface area contributed by atoms with Gasteiger partial charge in [-0.1, -0.05) is 23.4 Å². The fourth-order valence-electron chi connectivity index (χ4n) is 4.93. The van der Waals surface area contributed by atoms with Gasteiger partial charge < -0.3 is 10.1 Å². The van der Waals surface area contributed by atoms with Crippen LogP contribution in [0.25, 0.3) is 16.7 Å². The zero-order valence-electron chi connectivity index (χ0n) is 21.8. The van der Waals surface area contributed by atoms with Crippen LogP contribution in [-0.4, -0.2) is 66.3 Å². The van der Waals surface area contributed by atoms with Crippen molar-refractivity contribution in [3.63, 3.8) is 0 Å². The molecule has 0 unspecified atom stereocenters. The molecule has 1 aliphatic heterocycles. The minimum Gasteiger partial charge on any atom is -0.376 e. The molecular formula is C27H27N9O3S. The molecule has 1 aliphatic rings. The van der Waals surface area contributed by atoms with E-state index >= 15 is 0 Å². The number of carbonyl (C=O) groups is 2. The van der Waals surface area contributed by atoms with Crippen LogP contribution < -0.4 is 10.2 Å². The molecule has 0 spiro atoms. The second-order valence-corrected chi connectivity index (χ2v) is 10.5. The van der Waals surface area contributed by atoms with E-state index in [1.54, 1.807) is 20.3 Å². The topological polar surface area (TPSA) is 133 Å². The van der Waals surface area contributed by atoms with Gasteiger partial charge in [-0.3, -0.25) is 14.5 Å². The van der Waals surface area contributed by atoms with Crippen molar-refractivity contribution >= 4 is 39.9 Å². The third-order valence-corrected chi connectivity index (χ3v) is 7.80. The van der Waals surface area contributed by atoms with E-state index in [-0.39, 0.29) is 24.5 Å². The summed E-state index contributed by atoms with van der Waals surface area (Å²) in [5.41, 5.74) is 3.58. The number of tetrazole rings is 1. The van der Waals surface area contributed by atoms with Crippen LogP contribution in [0.2, 0.25) is 0 Å². The first-order valence-corrected chi connectivity index (χ1v) is 13.8. The van der Waals surface area contributed by atoms with E-state index in [9.17, 15) is 9.59 Å². The van der Waals surface area contributed by atoms with Crippen LogP contribution in [0.5, 0.6) is 0 Å². The summed E-state index contributed by atoms with van der Waals surface area (Å²) in [4.78, 5) is 30.3. The van der Waals surface area contributed by atoms with E-state index in [0.717, 1.165) is 34.5 Å². The number of nitrogens with one attached hydrogen (secondary N) is 1. The van der Waals surface area contributed by atoms with Crippen molar-refractivity contribution in [2.75, 3.05) is 18.1 Å². The molecule has 2 atom stereocenters. The first-order chi connectivity index (χ1) is 19.6. The van der Waals surface area contributed by atoms with E-state index in [2.05, 4.69) is 31.2 Å². The lowest BCUT2D eigenvalue weighted by Crippen LogP contribution is -2.46. The molecule has 40 heavy (non-hydrogen) atoms. The largest absolute Gasteiger partial charge is 0.376 e. The Morgan fingerprint density at radius 2 is 2.08 bits per heavy atom. The van der Waals surface area contributed by atoms with Gasteiger partial charge in [0.1, 0.15) is 24.4 Å². The highest BCUT2D eigenvalue weighted by Gasteiger charge is 2.35. The molecule has 12 nitrogen and oxygen atoms in total. The van der Waals surface area contributed by atoms with Gasteiger partial charge in [0.15, 0.2) is 0 Å². The standard InChI is InChI=1S/C27H27N9O3S/c1-18-14-19(10-11-22(18)35-17-29-31-33-35)36(25(37)16-34-23-8-3-2-7-21(23)30-32-34)26(24-9-5-13-40-24)27(38)28-15-20-6-4-12-39-20/h2-3,5,7-11,13-14,17,20,26H,4,6,12,15-16H2,1H3,(H,28,38)/t20-,26-/m0/s1. The lowest BCUT2D eigenvalue weighted by molar-refractivity contribution is -0.127. The summed E-state index contributed by atoms with van der Waals surface area (Å²) in [6, 6.07) is 15.8. The van der Waals surface area contributed by atoms with Crippen LogP contribution in [-0.2, 0) is 20.9 Å². The maximum Gasteiger partial charge on any atom is 0.249 e. The number of para-hydroxylation sites is 1. The van der Waals surface area contributed by atoms with Crippen molar-refractivity contribution in [1.82, 2.24) is 40.5 Å². The zero-order chi connectivity index (χ0) is 27.5. The second-order valence-electron chi connectivity index (χ2n) is 9.52. The molecule has 1 saturated heterocycles. The number of aromatic nitrogens is 7. The predicted molar refractivity (Wildman–Crippen MR) is 148 cm³/mol. The number of aryl methyl sites for hydroxylation is 1. The molecule has 0 radical (unpaired) electrons. The van der Waals surface area contributed by atoms with Crippen LogP contribution in [0.3, 0.4) is 0 Å². The molecule has 3 aromatic heterocycles. The normalized spacial score (nSPS) is 15.8. The van der Waals surface area contributed by atoms with E-state index in [4.69, 9.17) is 4.74 Å². The van der Waals surface area contributed by atoms with Crippen molar-refractivity contribution < 1.29 is 14.3 Å². The molecule has 204 valence electrons. The number of hydrogen-bond donors (Lipinski definition) is 1. The third kappa shape index (κ3) is 5.20. The second kappa shape index (κ2) is 11.3. The Morgan fingerprint density at radius 3 is 2.83 bits per heavy atom. The predicted octanol–water partition coefficient (Wildman–Crippen LogP) is 2.85. The highest BCUT2D eigenvalue weighted by Crippen LogP contribution is 2.33. The number of fused-ring (bicyclic) bond motifs is 1. The molecule has 4 heterocycles. The lowest BCUT2D eigenvalue weighted by atomic mass is 10.1. The molecule has 13 heteroatoms.